The molecule has 0 N–H and O–H groups in total. The highest BCUT2D eigenvalue weighted by Crippen LogP contribution is 2.26. The van der Waals surface area contributed by atoms with Crippen molar-refractivity contribution in [3.05, 3.63) is 28.7 Å². The Balaban J connectivity index is 2.80. The third-order valence-electron chi connectivity index (χ3n) is 2.29. The van der Waals surface area contributed by atoms with Gasteiger partial charge in [0, 0.05) is 10.0 Å². The van der Waals surface area contributed by atoms with Crippen molar-refractivity contribution in [1.82, 2.24) is 9.55 Å². The molecular formula is C11H12BrFN2. The van der Waals surface area contributed by atoms with E-state index in [9.17, 15) is 4.39 Å². The first-order valence-corrected chi connectivity index (χ1v) is 5.51. The Kier molecular flexibility index (Phi) is 2.34. The number of nitrogens with zero attached hydrogens (tertiary/aromatic N) is 2. The van der Waals surface area contributed by atoms with Gasteiger partial charge in [0.15, 0.2) is 5.82 Å². The first kappa shape index (κ1) is 10.6. The van der Waals surface area contributed by atoms with E-state index in [0.29, 0.717) is 5.52 Å². The molecule has 0 aliphatic carbocycles. The second kappa shape index (κ2) is 3.30. The molecule has 0 fully saturated rings. The molecule has 4 heteroatoms. The van der Waals surface area contributed by atoms with Gasteiger partial charge in [-0.25, -0.2) is 9.37 Å². The Labute approximate surface area is 96.2 Å². The molecule has 0 atom stereocenters. The third-order valence-corrected chi connectivity index (χ3v) is 2.75. The maximum absolute atomic E-state index is 13.5. The van der Waals surface area contributed by atoms with E-state index in [2.05, 4.69) is 41.7 Å². The lowest BCUT2D eigenvalue weighted by Crippen LogP contribution is -2.20. The topological polar surface area (TPSA) is 17.8 Å². The highest BCUT2D eigenvalue weighted by molar-refractivity contribution is 9.10. The second-order valence-electron chi connectivity index (χ2n) is 4.54. The Morgan fingerprint density at radius 2 is 2.00 bits per heavy atom. The summed E-state index contributed by atoms with van der Waals surface area (Å²) in [5, 5.41) is 0. The van der Waals surface area contributed by atoms with Crippen LogP contribution >= 0.6 is 15.9 Å². The number of fused-ring (bicyclic) bond motifs is 1. The monoisotopic (exact) mass is 270 g/mol. The zero-order valence-corrected chi connectivity index (χ0v) is 10.5. The minimum Gasteiger partial charge on any atom is -0.325 e. The van der Waals surface area contributed by atoms with Crippen LogP contribution in [-0.4, -0.2) is 9.55 Å². The molecule has 0 saturated heterocycles. The van der Waals surface area contributed by atoms with Gasteiger partial charge in [-0.3, -0.25) is 0 Å². The van der Waals surface area contributed by atoms with Gasteiger partial charge in [-0.05, 0) is 32.9 Å². The molecule has 15 heavy (non-hydrogen) atoms. The fraction of sp³-hybridized carbons (Fsp3) is 0.364. The molecule has 2 nitrogen and oxygen atoms in total. The second-order valence-corrected chi connectivity index (χ2v) is 5.46. The highest BCUT2D eigenvalue weighted by Gasteiger charge is 2.17. The van der Waals surface area contributed by atoms with Crippen molar-refractivity contribution in [2.45, 2.75) is 26.3 Å². The van der Waals surface area contributed by atoms with Crippen molar-refractivity contribution in [2.75, 3.05) is 0 Å². The number of hydrogen-bond donors (Lipinski definition) is 0. The Morgan fingerprint density at radius 1 is 1.33 bits per heavy atom. The van der Waals surface area contributed by atoms with Crippen LogP contribution in [0.2, 0.25) is 0 Å². The van der Waals surface area contributed by atoms with Crippen LogP contribution in [0.15, 0.2) is 22.9 Å². The first-order chi connectivity index (χ1) is 6.89. The molecule has 0 amide bonds. The minimum atomic E-state index is -0.289. The van der Waals surface area contributed by atoms with Crippen molar-refractivity contribution in [1.29, 1.82) is 0 Å². The van der Waals surface area contributed by atoms with E-state index in [1.54, 1.807) is 6.33 Å². The zero-order chi connectivity index (χ0) is 11.2. The van der Waals surface area contributed by atoms with Crippen LogP contribution in [0.3, 0.4) is 0 Å². The average molecular weight is 271 g/mol. The van der Waals surface area contributed by atoms with Crippen LogP contribution in [0.5, 0.6) is 0 Å². The number of aromatic nitrogens is 2. The van der Waals surface area contributed by atoms with E-state index in [1.807, 2.05) is 10.6 Å². The number of imidazole rings is 1. The van der Waals surface area contributed by atoms with Gasteiger partial charge in [-0.1, -0.05) is 15.9 Å². The molecule has 1 heterocycles. The van der Waals surface area contributed by atoms with Gasteiger partial charge >= 0.3 is 0 Å². The van der Waals surface area contributed by atoms with Crippen molar-refractivity contribution >= 4 is 27.0 Å². The van der Waals surface area contributed by atoms with Gasteiger partial charge in [-0.2, -0.15) is 0 Å². The third kappa shape index (κ3) is 1.78. The average Bonchev–Trinajstić information content (AvgIpc) is 2.45. The van der Waals surface area contributed by atoms with Crippen molar-refractivity contribution in [2.24, 2.45) is 0 Å². The van der Waals surface area contributed by atoms with E-state index in [0.717, 1.165) is 9.99 Å². The number of rotatable bonds is 0. The van der Waals surface area contributed by atoms with E-state index in [-0.39, 0.29) is 11.4 Å². The van der Waals surface area contributed by atoms with Crippen LogP contribution in [-0.2, 0) is 5.54 Å². The summed E-state index contributed by atoms with van der Waals surface area (Å²) < 4.78 is 16.2. The van der Waals surface area contributed by atoms with Gasteiger partial charge in [0.05, 0.1) is 11.8 Å². The van der Waals surface area contributed by atoms with Crippen molar-refractivity contribution < 1.29 is 4.39 Å². The summed E-state index contributed by atoms with van der Waals surface area (Å²) in [5.41, 5.74) is 1.14. The predicted molar refractivity (Wildman–Crippen MR) is 62.4 cm³/mol. The molecule has 0 aliphatic rings. The molecule has 80 valence electrons. The largest absolute Gasteiger partial charge is 0.325 e. The maximum Gasteiger partial charge on any atom is 0.152 e. The number of halogens is 2. The van der Waals surface area contributed by atoms with Crippen molar-refractivity contribution in [3.63, 3.8) is 0 Å². The first-order valence-electron chi connectivity index (χ1n) is 4.72. The summed E-state index contributed by atoms with van der Waals surface area (Å²) >= 11 is 3.29. The van der Waals surface area contributed by atoms with Gasteiger partial charge in [0.2, 0.25) is 0 Å². The van der Waals surface area contributed by atoms with Crippen LogP contribution in [0, 0.1) is 5.82 Å². The Morgan fingerprint density at radius 3 is 2.60 bits per heavy atom. The molecule has 0 unspecified atom stereocenters. The summed E-state index contributed by atoms with van der Waals surface area (Å²) in [6.07, 6.45) is 1.68. The molecule has 1 aromatic carbocycles. The molecule has 0 spiro atoms. The van der Waals surface area contributed by atoms with Crippen LogP contribution in [0.1, 0.15) is 20.8 Å². The van der Waals surface area contributed by atoms with E-state index in [4.69, 9.17) is 0 Å². The van der Waals surface area contributed by atoms with Crippen LogP contribution < -0.4 is 0 Å². The summed E-state index contributed by atoms with van der Waals surface area (Å²) in [6.45, 7) is 6.19. The van der Waals surface area contributed by atoms with Crippen LogP contribution in [0.4, 0.5) is 4.39 Å². The summed E-state index contributed by atoms with van der Waals surface area (Å²) in [5.74, 6) is -0.289. The molecule has 2 rings (SSSR count). The molecule has 0 bridgehead atoms. The Hall–Kier alpha value is -0.900. The summed E-state index contributed by atoms with van der Waals surface area (Å²) in [4.78, 5) is 4.09. The standard InChI is InChI=1S/C11H12BrFN2/c1-11(2,3)15-6-14-10-8(13)4-7(12)5-9(10)15/h4-6H,1-3H3. The molecule has 0 saturated carbocycles. The van der Waals surface area contributed by atoms with Gasteiger partial charge in [-0.15, -0.1) is 0 Å². The maximum atomic E-state index is 13.5. The fourth-order valence-corrected chi connectivity index (χ4v) is 1.99. The SMILES string of the molecule is CC(C)(C)n1cnc2c(F)cc(Br)cc21. The molecule has 0 aliphatic heterocycles. The summed E-state index contributed by atoms with van der Waals surface area (Å²) in [6, 6.07) is 3.32. The van der Waals surface area contributed by atoms with Gasteiger partial charge in [0.1, 0.15) is 5.52 Å². The lowest BCUT2D eigenvalue weighted by atomic mass is 10.1. The number of hydrogen-bond acceptors (Lipinski definition) is 1. The van der Waals surface area contributed by atoms with Crippen LogP contribution in [0.25, 0.3) is 11.0 Å². The van der Waals surface area contributed by atoms with E-state index in [1.165, 1.54) is 6.07 Å². The molecule has 0 radical (unpaired) electrons. The van der Waals surface area contributed by atoms with Gasteiger partial charge < -0.3 is 4.57 Å². The fourth-order valence-electron chi connectivity index (χ4n) is 1.58. The normalized spacial score (nSPS) is 12.3. The minimum absolute atomic E-state index is 0.0953. The smallest absolute Gasteiger partial charge is 0.152 e. The van der Waals surface area contributed by atoms with Gasteiger partial charge in [0.25, 0.3) is 0 Å². The van der Waals surface area contributed by atoms with E-state index < -0.39 is 0 Å². The Bertz CT molecular complexity index is 511. The molecular weight excluding hydrogens is 259 g/mol. The highest BCUT2D eigenvalue weighted by atomic mass is 79.9. The lowest BCUT2D eigenvalue weighted by molar-refractivity contribution is 0.408. The van der Waals surface area contributed by atoms with E-state index >= 15 is 0 Å². The summed E-state index contributed by atoms with van der Waals surface area (Å²) in [7, 11) is 0. The zero-order valence-electron chi connectivity index (χ0n) is 8.88. The number of benzene rings is 1. The van der Waals surface area contributed by atoms with Crippen molar-refractivity contribution in [3.8, 4) is 0 Å². The molecule has 2 aromatic rings. The predicted octanol–water partition coefficient (Wildman–Crippen LogP) is 3.69. The molecule has 1 aromatic heterocycles. The lowest BCUT2D eigenvalue weighted by Gasteiger charge is -2.21. The quantitative estimate of drug-likeness (QED) is 0.714.